The van der Waals surface area contributed by atoms with Crippen LogP contribution in [0.4, 0.5) is 8.78 Å². The molecule has 51 heavy (non-hydrogen) atoms. The van der Waals surface area contributed by atoms with E-state index in [1.165, 1.54) is 46.5 Å². The minimum Gasteiger partial charge on any atom is -0.339 e. The van der Waals surface area contributed by atoms with Crippen LogP contribution in [0.5, 0.6) is 0 Å². The summed E-state index contributed by atoms with van der Waals surface area (Å²) in [4.78, 5) is 21.4. The average Bonchev–Trinajstić information content (AvgIpc) is 3.08. The van der Waals surface area contributed by atoms with Crippen LogP contribution in [0.25, 0.3) is 0 Å². The van der Waals surface area contributed by atoms with Crippen LogP contribution in [0.15, 0.2) is 97.1 Å². The maximum Gasteiger partial charge on any atom is 0.240 e. The third-order valence-electron chi connectivity index (χ3n) is 10.2. The van der Waals surface area contributed by atoms with Crippen molar-refractivity contribution in [1.82, 2.24) is 14.7 Å². The minimum absolute atomic E-state index is 0.0672. The Morgan fingerprint density at radius 3 is 1.37 bits per heavy atom. The van der Waals surface area contributed by atoms with Crippen LogP contribution < -0.4 is 0 Å². The number of piperazine rings is 1. The fraction of sp³-hybridized carbons (Fsp3) is 0.444. The molecular weight excluding hydrogens is 637 g/mol. The van der Waals surface area contributed by atoms with Gasteiger partial charge >= 0.3 is 0 Å². The van der Waals surface area contributed by atoms with Crippen molar-refractivity contribution in [2.45, 2.75) is 97.8 Å². The van der Waals surface area contributed by atoms with Gasteiger partial charge in [-0.05, 0) is 80.8 Å². The van der Waals surface area contributed by atoms with E-state index in [1.807, 2.05) is 4.90 Å². The molecule has 5 rings (SSSR count). The van der Waals surface area contributed by atoms with E-state index in [-0.39, 0.29) is 40.5 Å². The predicted octanol–water partition coefficient (Wildman–Crippen LogP) is 9.91. The zero-order chi connectivity index (χ0) is 36.9. The van der Waals surface area contributed by atoms with Crippen molar-refractivity contribution >= 4 is 5.91 Å². The first-order chi connectivity index (χ1) is 24.1. The topological polar surface area (TPSA) is 26.8 Å². The molecule has 4 aromatic carbocycles. The van der Waals surface area contributed by atoms with Crippen LogP contribution in [0.1, 0.15) is 101 Å². The molecule has 6 heteroatoms. The molecule has 1 aliphatic rings. The van der Waals surface area contributed by atoms with E-state index in [4.69, 9.17) is 0 Å². The van der Waals surface area contributed by atoms with Gasteiger partial charge in [0.15, 0.2) is 0 Å². The first-order valence-electron chi connectivity index (χ1n) is 18.5. The molecule has 0 bridgehead atoms. The molecule has 1 atom stereocenters. The highest BCUT2D eigenvalue weighted by atomic mass is 19.1. The molecule has 0 aliphatic carbocycles. The van der Waals surface area contributed by atoms with Crippen LogP contribution >= 0.6 is 0 Å². The summed E-state index contributed by atoms with van der Waals surface area (Å²) < 4.78 is 27.8. The van der Waals surface area contributed by atoms with E-state index in [0.717, 1.165) is 17.5 Å². The fourth-order valence-electron chi connectivity index (χ4n) is 7.13. The molecule has 1 heterocycles. The number of hydrogen-bond donors (Lipinski definition) is 0. The Labute approximate surface area is 305 Å². The lowest BCUT2D eigenvalue weighted by molar-refractivity contribution is -0.140. The Morgan fingerprint density at radius 2 is 1.02 bits per heavy atom. The van der Waals surface area contributed by atoms with Crippen LogP contribution in [0, 0.1) is 17.6 Å². The third-order valence-corrected chi connectivity index (χ3v) is 10.2. The third kappa shape index (κ3) is 10.1. The van der Waals surface area contributed by atoms with Crippen molar-refractivity contribution in [3.63, 3.8) is 0 Å². The van der Waals surface area contributed by atoms with Crippen molar-refractivity contribution in [1.29, 1.82) is 0 Å². The number of amides is 1. The lowest BCUT2D eigenvalue weighted by atomic mass is 9.86. The van der Waals surface area contributed by atoms with Gasteiger partial charge in [-0.25, -0.2) is 8.78 Å². The molecule has 1 unspecified atom stereocenters. The first-order valence-corrected chi connectivity index (χ1v) is 18.5. The van der Waals surface area contributed by atoms with E-state index in [0.29, 0.717) is 45.2 Å². The monoisotopic (exact) mass is 693 g/mol. The summed E-state index contributed by atoms with van der Waals surface area (Å²) in [5.74, 6) is -0.0807. The Bertz CT molecular complexity index is 1590. The highest BCUT2D eigenvalue weighted by Gasteiger charge is 2.34. The summed E-state index contributed by atoms with van der Waals surface area (Å²) in [6.07, 6.45) is 0.757. The molecule has 4 aromatic rings. The molecule has 0 N–H and O–H groups in total. The second-order valence-corrected chi connectivity index (χ2v) is 16.8. The fourth-order valence-corrected chi connectivity index (χ4v) is 7.13. The zero-order valence-corrected chi connectivity index (χ0v) is 31.9. The number of carbonyl (C=O) groups excluding carboxylic acids is 1. The van der Waals surface area contributed by atoms with Gasteiger partial charge in [0.1, 0.15) is 11.6 Å². The molecule has 0 saturated carbocycles. The normalized spacial score (nSPS) is 15.2. The molecular formula is C45H57F2N3O. The van der Waals surface area contributed by atoms with Crippen LogP contribution in [0.2, 0.25) is 0 Å². The van der Waals surface area contributed by atoms with Crippen LogP contribution in [-0.2, 0) is 28.7 Å². The average molecular weight is 694 g/mol. The summed E-state index contributed by atoms with van der Waals surface area (Å²) in [5, 5.41) is 0. The van der Waals surface area contributed by atoms with E-state index in [9.17, 15) is 13.6 Å². The van der Waals surface area contributed by atoms with E-state index < -0.39 is 0 Å². The van der Waals surface area contributed by atoms with Gasteiger partial charge in [-0.15, -0.1) is 0 Å². The zero-order valence-electron chi connectivity index (χ0n) is 31.9. The number of benzene rings is 4. The summed E-state index contributed by atoms with van der Waals surface area (Å²) >= 11 is 0. The van der Waals surface area contributed by atoms with Gasteiger partial charge in [0.05, 0.1) is 12.1 Å². The van der Waals surface area contributed by atoms with Gasteiger partial charge in [-0.2, -0.15) is 0 Å². The SMILES string of the molecule is CC(C)CC(C(=O)N1CCN(C(c2ccc(F)cc2)c2ccc(F)cc2)CC1)N(Cc1ccc(C(C)(C)C)cc1)Cc1ccc(C(C)(C)C)cc1. The van der Waals surface area contributed by atoms with Gasteiger partial charge in [0.25, 0.3) is 0 Å². The van der Waals surface area contributed by atoms with Gasteiger partial charge in [-0.3, -0.25) is 14.6 Å². The van der Waals surface area contributed by atoms with Gasteiger partial charge < -0.3 is 4.90 Å². The van der Waals surface area contributed by atoms with E-state index in [1.54, 1.807) is 24.3 Å². The molecule has 272 valence electrons. The lowest BCUT2D eigenvalue weighted by Crippen LogP contribution is -2.55. The highest BCUT2D eigenvalue weighted by Crippen LogP contribution is 2.31. The first kappa shape index (κ1) is 38.4. The molecule has 1 amide bonds. The van der Waals surface area contributed by atoms with Crippen molar-refractivity contribution < 1.29 is 13.6 Å². The lowest BCUT2D eigenvalue weighted by Gasteiger charge is -2.42. The molecule has 0 radical (unpaired) electrons. The Kier molecular flexibility index (Phi) is 12.2. The number of halogens is 2. The molecule has 0 aromatic heterocycles. The summed E-state index contributed by atoms with van der Waals surface area (Å²) in [6, 6.07) is 30.4. The Balaban J connectivity index is 1.40. The highest BCUT2D eigenvalue weighted by molar-refractivity contribution is 5.82. The van der Waals surface area contributed by atoms with Crippen molar-refractivity contribution in [2.75, 3.05) is 26.2 Å². The van der Waals surface area contributed by atoms with Gasteiger partial charge in [0.2, 0.25) is 5.91 Å². The smallest absolute Gasteiger partial charge is 0.240 e. The van der Waals surface area contributed by atoms with Crippen LogP contribution in [-0.4, -0.2) is 52.8 Å². The quantitative estimate of drug-likeness (QED) is 0.157. The Morgan fingerprint density at radius 1 is 0.627 bits per heavy atom. The molecule has 1 aliphatic heterocycles. The predicted molar refractivity (Wildman–Crippen MR) is 206 cm³/mol. The van der Waals surface area contributed by atoms with Crippen LogP contribution in [0.3, 0.4) is 0 Å². The largest absolute Gasteiger partial charge is 0.339 e. The summed E-state index contributed by atoms with van der Waals surface area (Å²) in [6.45, 7) is 21.6. The van der Waals surface area contributed by atoms with Gasteiger partial charge in [0, 0.05) is 39.3 Å². The van der Waals surface area contributed by atoms with Crippen molar-refractivity contribution in [3.05, 3.63) is 142 Å². The van der Waals surface area contributed by atoms with E-state index >= 15 is 0 Å². The maximum absolute atomic E-state index is 14.7. The van der Waals surface area contributed by atoms with E-state index in [2.05, 4.69) is 114 Å². The van der Waals surface area contributed by atoms with Crippen molar-refractivity contribution in [3.8, 4) is 0 Å². The Hall–Kier alpha value is -3.87. The van der Waals surface area contributed by atoms with Crippen molar-refractivity contribution in [2.24, 2.45) is 5.92 Å². The number of carbonyl (C=O) groups is 1. The molecule has 1 fully saturated rings. The number of hydrogen-bond acceptors (Lipinski definition) is 3. The number of rotatable bonds is 11. The molecule has 4 nitrogen and oxygen atoms in total. The maximum atomic E-state index is 14.7. The second kappa shape index (κ2) is 16.2. The standard InChI is InChI=1S/C45H57F2N3O/c1-32(2)29-41(50(30-33-9-17-37(18-10-33)44(3,4)5)31-34-11-19-38(20-12-34)45(6,7)8)43(51)49-27-25-48(26-28-49)42(35-13-21-39(46)22-14-35)36-15-23-40(47)24-16-36/h9-24,32,41-42H,25-31H2,1-8H3. The minimum atomic E-state index is -0.289. The number of nitrogens with zero attached hydrogens (tertiary/aromatic N) is 3. The molecule has 1 saturated heterocycles. The van der Waals surface area contributed by atoms with Gasteiger partial charge in [-0.1, -0.05) is 128 Å². The molecule has 0 spiro atoms. The second-order valence-electron chi connectivity index (χ2n) is 16.8. The summed E-state index contributed by atoms with van der Waals surface area (Å²) in [7, 11) is 0. The summed E-state index contributed by atoms with van der Waals surface area (Å²) in [5.41, 5.74) is 7.01.